The first kappa shape index (κ1) is 15.3. The van der Waals surface area contributed by atoms with Crippen LogP contribution in [0.25, 0.3) is 0 Å². The van der Waals surface area contributed by atoms with E-state index in [1.807, 2.05) is 0 Å². The van der Waals surface area contributed by atoms with Gasteiger partial charge in [-0.2, -0.15) is 0 Å². The van der Waals surface area contributed by atoms with Crippen LogP contribution in [0.2, 0.25) is 0 Å². The Balaban J connectivity index is 1.99. The molecule has 7 nitrogen and oxygen atoms in total. The van der Waals surface area contributed by atoms with Gasteiger partial charge in [-0.1, -0.05) is 11.2 Å². The van der Waals surface area contributed by atoms with Crippen LogP contribution in [0.1, 0.15) is 17.0 Å². The molecule has 1 heterocycles. The normalized spacial score (nSPS) is 11.5. The Bertz CT molecular complexity index is 725. The number of methoxy groups -OCH3 is 1. The van der Waals surface area contributed by atoms with Crippen molar-refractivity contribution in [1.82, 2.24) is 9.88 Å². The maximum absolute atomic E-state index is 11.9. The number of aryl methyl sites for hydroxylation is 1. The van der Waals surface area contributed by atoms with Gasteiger partial charge in [-0.25, -0.2) is 13.1 Å². The van der Waals surface area contributed by atoms with E-state index in [2.05, 4.69) is 9.88 Å². The number of hydrogen-bond donors (Lipinski definition) is 2. The van der Waals surface area contributed by atoms with Gasteiger partial charge < -0.3 is 15.0 Å². The van der Waals surface area contributed by atoms with E-state index in [1.54, 1.807) is 31.2 Å². The monoisotopic (exact) mass is 311 g/mol. The molecule has 3 N–H and O–H groups in total. The lowest BCUT2D eigenvalue weighted by molar-refractivity contribution is 0.392. The smallest absolute Gasteiger partial charge is 0.217 e. The van der Waals surface area contributed by atoms with Crippen molar-refractivity contribution in [2.75, 3.05) is 12.8 Å². The fourth-order valence-corrected chi connectivity index (χ4v) is 2.83. The number of hydrogen-bond acceptors (Lipinski definition) is 6. The third kappa shape index (κ3) is 4.20. The van der Waals surface area contributed by atoms with E-state index in [4.69, 9.17) is 15.0 Å². The predicted molar refractivity (Wildman–Crippen MR) is 78.1 cm³/mol. The summed E-state index contributed by atoms with van der Waals surface area (Å²) < 4.78 is 36.3. The Labute approximate surface area is 123 Å². The first-order chi connectivity index (χ1) is 9.89. The largest absolute Gasteiger partial charge is 0.495 e. The van der Waals surface area contributed by atoms with Gasteiger partial charge in [0, 0.05) is 12.6 Å². The Morgan fingerprint density at radius 2 is 2.14 bits per heavy atom. The summed E-state index contributed by atoms with van der Waals surface area (Å²) >= 11 is 0. The van der Waals surface area contributed by atoms with Crippen LogP contribution in [0.5, 0.6) is 5.75 Å². The van der Waals surface area contributed by atoms with E-state index in [0.29, 0.717) is 22.9 Å². The molecule has 0 unspecified atom stereocenters. The SMILES string of the molecule is COc1ccc(CNS(=O)(=O)Cc2cc(C)on2)cc1N. The highest BCUT2D eigenvalue weighted by atomic mass is 32.2. The highest BCUT2D eigenvalue weighted by molar-refractivity contribution is 7.88. The molecule has 0 aliphatic rings. The number of nitrogens with two attached hydrogens (primary N) is 1. The highest BCUT2D eigenvalue weighted by Crippen LogP contribution is 2.21. The van der Waals surface area contributed by atoms with Crippen LogP contribution < -0.4 is 15.2 Å². The van der Waals surface area contributed by atoms with Gasteiger partial charge in [0.25, 0.3) is 0 Å². The molecule has 0 spiro atoms. The van der Waals surface area contributed by atoms with E-state index < -0.39 is 10.0 Å². The third-order valence-corrected chi connectivity index (χ3v) is 4.06. The molecule has 0 saturated heterocycles. The summed E-state index contributed by atoms with van der Waals surface area (Å²) in [7, 11) is -1.97. The first-order valence-electron chi connectivity index (χ1n) is 6.21. The Morgan fingerprint density at radius 1 is 1.38 bits per heavy atom. The van der Waals surface area contributed by atoms with Gasteiger partial charge in [-0.3, -0.25) is 0 Å². The molecule has 0 atom stereocenters. The first-order valence-corrected chi connectivity index (χ1v) is 7.87. The molecule has 2 aromatic rings. The van der Waals surface area contributed by atoms with Gasteiger partial charge in [-0.15, -0.1) is 0 Å². The molecule has 0 saturated carbocycles. The van der Waals surface area contributed by atoms with Gasteiger partial charge in [0.15, 0.2) is 0 Å². The lowest BCUT2D eigenvalue weighted by Gasteiger charge is -2.08. The van der Waals surface area contributed by atoms with Crippen LogP contribution in [-0.2, 0) is 22.3 Å². The van der Waals surface area contributed by atoms with Crippen molar-refractivity contribution in [3.05, 3.63) is 41.3 Å². The molecule has 1 aromatic carbocycles. The molecule has 0 aliphatic heterocycles. The van der Waals surface area contributed by atoms with Crippen LogP contribution in [0.4, 0.5) is 5.69 Å². The molecule has 114 valence electrons. The molecule has 1 aromatic heterocycles. The zero-order valence-corrected chi connectivity index (χ0v) is 12.6. The molecule has 8 heteroatoms. The number of aromatic nitrogens is 1. The zero-order valence-electron chi connectivity index (χ0n) is 11.8. The van der Waals surface area contributed by atoms with Crippen molar-refractivity contribution in [3.63, 3.8) is 0 Å². The van der Waals surface area contributed by atoms with Gasteiger partial charge in [0.2, 0.25) is 10.0 Å². The van der Waals surface area contributed by atoms with E-state index in [0.717, 1.165) is 5.56 Å². The van der Waals surface area contributed by atoms with Crippen LogP contribution in [-0.4, -0.2) is 20.7 Å². The standard InChI is InChI=1S/C13H17N3O4S/c1-9-5-11(16-20-9)8-21(17,18)15-7-10-3-4-13(19-2)12(14)6-10/h3-6,15H,7-8,14H2,1-2H3. The number of nitrogen functional groups attached to an aromatic ring is 1. The highest BCUT2D eigenvalue weighted by Gasteiger charge is 2.14. The lowest BCUT2D eigenvalue weighted by Crippen LogP contribution is -2.24. The molecule has 0 radical (unpaired) electrons. The summed E-state index contributed by atoms with van der Waals surface area (Å²) in [4.78, 5) is 0. The number of nitrogens with zero attached hydrogens (tertiary/aromatic N) is 1. The van der Waals surface area contributed by atoms with Crippen LogP contribution >= 0.6 is 0 Å². The summed E-state index contributed by atoms with van der Waals surface area (Å²) in [5, 5.41) is 3.66. The molecule has 0 aliphatic carbocycles. The number of benzene rings is 1. The van der Waals surface area contributed by atoms with Gasteiger partial charge in [0.05, 0.1) is 12.8 Å². The molecule has 0 amide bonds. The minimum Gasteiger partial charge on any atom is -0.495 e. The number of ether oxygens (including phenoxy) is 1. The molecular weight excluding hydrogens is 294 g/mol. The van der Waals surface area contributed by atoms with Crippen LogP contribution in [0.15, 0.2) is 28.8 Å². The Kier molecular flexibility index (Phi) is 4.49. The Morgan fingerprint density at radius 3 is 2.71 bits per heavy atom. The fourth-order valence-electron chi connectivity index (χ4n) is 1.82. The van der Waals surface area contributed by atoms with Crippen LogP contribution in [0.3, 0.4) is 0 Å². The predicted octanol–water partition coefficient (Wildman–Crippen LogP) is 1.19. The minimum absolute atomic E-state index is 0.146. The van der Waals surface area contributed by atoms with E-state index in [-0.39, 0.29) is 12.3 Å². The number of anilines is 1. The summed E-state index contributed by atoms with van der Waals surface area (Å²) in [6.45, 7) is 1.85. The topological polar surface area (TPSA) is 107 Å². The molecule has 2 rings (SSSR count). The molecule has 0 bridgehead atoms. The maximum atomic E-state index is 11.9. The van der Waals surface area contributed by atoms with Crippen molar-refractivity contribution in [2.45, 2.75) is 19.2 Å². The van der Waals surface area contributed by atoms with Gasteiger partial charge in [0.1, 0.15) is 23.0 Å². The quantitative estimate of drug-likeness (QED) is 0.776. The van der Waals surface area contributed by atoms with Crippen molar-refractivity contribution in [2.24, 2.45) is 0 Å². The third-order valence-electron chi connectivity index (χ3n) is 2.80. The summed E-state index contributed by atoms with van der Waals surface area (Å²) in [6, 6.07) is 6.70. The van der Waals surface area contributed by atoms with Crippen LogP contribution in [0, 0.1) is 6.92 Å². The fraction of sp³-hybridized carbons (Fsp3) is 0.308. The van der Waals surface area contributed by atoms with E-state index >= 15 is 0 Å². The second kappa shape index (κ2) is 6.15. The van der Waals surface area contributed by atoms with Gasteiger partial charge in [-0.05, 0) is 24.6 Å². The van der Waals surface area contributed by atoms with Crippen molar-refractivity contribution in [1.29, 1.82) is 0 Å². The van der Waals surface area contributed by atoms with Crippen molar-refractivity contribution in [3.8, 4) is 5.75 Å². The second-order valence-corrected chi connectivity index (χ2v) is 6.39. The lowest BCUT2D eigenvalue weighted by atomic mass is 10.2. The summed E-state index contributed by atoms with van der Waals surface area (Å²) in [5.74, 6) is 0.901. The number of sulfonamides is 1. The van der Waals surface area contributed by atoms with E-state index in [9.17, 15) is 8.42 Å². The van der Waals surface area contributed by atoms with Crippen molar-refractivity contribution >= 4 is 15.7 Å². The number of rotatable bonds is 6. The van der Waals surface area contributed by atoms with E-state index in [1.165, 1.54) is 7.11 Å². The molecule has 0 fully saturated rings. The second-order valence-electron chi connectivity index (χ2n) is 4.59. The van der Waals surface area contributed by atoms with Gasteiger partial charge >= 0.3 is 0 Å². The molecular formula is C13H17N3O4S. The van der Waals surface area contributed by atoms with Crippen molar-refractivity contribution < 1.29 is 17.7 Å². The summed E-state index contributed by atoms with van der Waals surface area (Å²) in [5.41, 5.74) is 7.35. The average molecular weight is 311 g/mol. The maximum Gasteiger partial charge on any atom is 0.217 e. The summed E-state index contributed by atoms with van der Waals surface area (Å²) in [6.07, 6.45) is 0. The average Bonchev–Trinajstić information content (AvgIpc) is 2.81. The minimum atomic E-state index is -3.49. The zero-order chi connectivity index (χ0) is 15.5. The Hall–Kier alpha value is -2.06. The number of nitrogens with one attached hydrogen (secondary N) is 1. The molecule has 21 heavy (non-hydrogen) atoms.